The number of hydrogen-bond acceptors (Lipinski definition) is 4. The van der Waals surface area contributed by atoms with Crippen LogP contribution in [0.5, 0.6) is 0 Å². The fourth-order valence-corrected chi connectivity index (χ4v) is 2.23. The summed E-state index contributed by atoms with van der Waals surface area (Å²) in [5.74, 6) is 0. The Kier molecular flexibility index (Phi) is 2.94. The van der Waals surface area contributed by atoms with Crippen molar-refractivity contribution in [1.82, 2.24) is 14.9 Å². The van der Waals surface area contributed by atoms with Gasteiger partial charge in [-0.2, -0.15) is 9.78 Å². The predicted molar refractivity (Wildman–Crippen MR) is 66.8 cm³/mol. The van der Waals surface area contributed by atoms with Crippen molar-refractivity contribution in [2.75, 3.05) is 0 Å². The maximum Gasteiger partial charge on any atom is 0.215 e. The lowest BCUT2D eigenvalue weighted by atomic mass is 10.4. The maximum atomic E-state index is 4.99. The van der Waals surface area contributed by atoms with Crippen LogP contribution in [-0.4, -0.2) is 21.1 Å². The van der Waals surface area contributed by atoms with Crippen molar-refractivity contribution in [2.24, 2.45) is 5.10 Å². The third-order valence-electron chi connectivity index (χ3n) is 1.72. The zero-order valence-corrected chi connectivity index (χ0v) is 10.3. The minimum absolute atomic E-state index is 0.463. The third kappa shape index (κ3) is 2.31. The first-order valence-electron chi connectivity index (χ1n) is 4.17. The molecular weight excluding hydrogens is 248 g/mol. The van der Waals surface area contributed by atoms with E-state index in [1.807, 2.05) is 12.1 Å². The number of nitrogens with one attached hydrogen (secondary N) is 2. The lowest BCUT2D eigenvalue weighted by Gasteiger charge is -1.88. The molecule has 15 heavy (non-hydrogen) atoms. The number of aromatic amines is 2. The molecule has 7 heteroatoms. The van der Waals surface area contributed by atoms with Crippen molar-refractivity contribution in [3.63, 3.8) is 0 Å². The van der Waals surface area contributed by atoms with E-state index in [4.69, 9.17) is 24.4 Å². The lowest BCUT2D eigenvalue weighted by Crippen LogP contribution is -1.89. The Hall–Kier alpha value is -1.05. The van der Waals surface area contributed by atoms with Crippen molar-refractivity contribution >= 4 is 42.0 Å². The van der Waals surface area contributed by atoms with Gasteiger partial charge >= 0.3 is 0 Å². The van der Waals surface area contributed by atoms with Crippen molar-refractivity contribution in [2.45, 2.75) is 6.92 Å². The molecule has 0 aromatic carbocycles. The predicted octanol–water partition coefficient (Wildman–Crippen LogP) is 2.86. The lowest BCUT2D eigenvalue weighted by molar-refractivity contribution is 0.849. The van der Waals surface area contributed by atoms with Gasteiger partial charge in [0.15, 0.2) is 0 Å². The summed E-state index contributed by atoms with van der Waals surface area (Å²) in [5, 5.41) is 9.61. The molecule has 0 atom stereocenters. The molecule has 78 valence electrons. The smallest absolute Gasteiger partial charge is 0.215 e. The van der Waals surface area contributed by atoms with Crippen LogP contribution in [0.3, 0.4) is 0 Å². The van der Waals surface area contributed by atoms with Crippen molar-refractivity contribution < 1.29 is 0 Å². The van der Waals surface area contributed by atoms with Crippen LogP contribution in [-0.2, 0) is 0 Å². The van der Waals surface area contributed by atoms with Crippen LogP contribution < -0.4 is 0 Å². The van der Waals surface area contributed by atoms with Gasteiger partial charge in [-0.3, -0.25) is 10.2 Å². The van der Waals surface area contributed by atoms with Gasteiger partial charge in [0, 0.05) is 9.75 Å². The Morgan fingerprint density at radius 2 is 2.00 bits per heavy atom. The van der Waals surface area contributed by atoms with E-state index >= 15 is 0 Å². The van der Waals surface area contributed by atoms with Crippen LogP contribution >= 0.6 is 35.8 Å². The summed E-state index contributed by atoms with van der Waals surface area (Å²) < 4.78 is 2.40. The Labute approximate surface area is 100 Å². The fraction of sp³-hybridized carbons (Fsp3) is 0.125. The number of nitrogens with zero attached hydrogens (tertiary/aromatic N) is 2. The summed E-state index contributed by atoms with van der Waals surface area (Å²) in [4.78, 5) is 2.32. The molecule has 2 aromatic rings. The summed E-state index contributed by atoms with van der Waals surface area (Å²) in [6, 6.07) is 4.05. The molecule has 0 saturated heterocycles. The molecule has 0 saturated carbocycles. The molecule has 2 rings (SSSR count). The van der Waals surface area contributed by atoms with Gasteiger partial charge in [0.2, 0.25) is 9.54 Å². The highest BCUT2D eigenvalue weighted by Gasteiger charge is 1.94. The minimum Gasteiger partial charge on any atom is -0.273 e. The highest BCUT2D eigenvalue weighted by molar-refractivity contribution is 7.72. The molecule has 0 spiro atoms. The van der Waals surface area contributed by atoms with E-state index in [-0.39, 0.29) is 0 Å². The van der Waals surface area contributed by atoms with Gasteiger partial charge in [-0.25, -0.2) is 0 Å². The van der Waals surface area contributed by atoms with E-state index in [2.05, 4.69) is 22.2 Å². The first kappa shape index (κ1) is 10.5. The summed E-state index contributed by atoms with van der Waals surface area (Å²) >= 11 is 11.7. The number of H-pyrrole nitrogens is 2. The highest BCUT2D eigenvalue weighted by atomic mass is 32.1. The summed E-state index contributed by atoms with van der Waals surface area (Å²) in [5.41, 5.74) is 0. The van der Waals surface area contributed by atoms with Crippen molar-refractivity contribution in [1.29, 1.82) is 0 Å². The number of rotatable bonds is 2. The average Bonchev–Trinajstić information content (AvgIpc) is 2.73. The van der Waals surface area contributed by atoms with E-state index < -0.39 is 0 Å². The molecule has 0 radical (unpaired) electrons. The molecule has 0 aliphatic carbocycles. The van der Waals surface area contributed by atoms with E-state index in [9.17, 15) is 0 Å². The topological polar surface area (TPSA) is 48.9 Å². The molecule has 0 amide bonds. The molecule has 0 aliphatic rings. The van der Waals surface area contributed by atoms with Gasteiger partial charge in [0.1, 0.15) is 0 Å². The molecule has 2 N–H and O–H groups in total. The fourth-order valence-electron chi connectivity index (χ4n) is 1.05. The molecule has 2 aromatic heterocycles. The number of aromatic nitrogens is 3. The monoisotopic (exact) mass is 256 g/mol. The summed E-state index contributed by atoms with van der Waals surface area (Å²) in [7, 11) is 0. The standard InChI is InChI=1S/C8H8N4S3/c1-5-2-3-6(15-5)4-9-12-7(13)10-11-8(12)14/h2-4H,1H3,(H,10,13)(H,11,14)/b9-4-. The molecule has 2 heterocycles. The quantitative estimate of drug-likeness (QED) is 0.641. The second-order valence-corrected chi connectivity index (χ2v) is 4.96. The number of aryl methyl sites for hydroxylation is 1. The normalized spacial score (nSPS) is 11.3. The zero-order valence-electron chi connectivity index (χ0n) is 7.85. The van der Waals surface area contributed by atoms with Crippen LogP contribution in [0.2, 0.25) is 0 Å². The minimum atomic E-state index is 0.463. The summed E-state index contributed by atoms with van der Waals surface area (Å²) in [6.45, 7) is 2.05. The van der Waals surface area contributed by atoms with E-state index in [0.717, 1.165) is 4.88 Å². The molecule has 0 aliphatic heterocycles. The molecule has 0 unspecified atom stereocenters. The maximum absolute atomic E-state index is 4.99. The van der Waals surface area contributed by atoms with Gasteiger partial charge in [0.25, 0.3) is 0 Å². The first-order chi connectivity index (χ1) is 7.16. The molecule has 0 fully saturated rings. The van der Waals surface area contributed by atoms with E-state index in [0.29, 0.717) is 9.54 Å². The molecule has 4 nitrogen and oxygen atoms in total. The Balaban J connectivity index is 2.33. The van der Waals surface area contributed by atoms with E-state index in [1.165, 1.54) is 9.55 Å². The zero-order chi connectivity index (χ0) is 10.8. The largest absolute Gasteiger partial charge is 0.273 e. The second-order valence-electron chi connectivity index (χ2n) is 2.87. The van der Waals surface area contributed by atoms with E-state index in [1.54, 1.807) is 17.6 Å². The van der Waals surface area contributed by atoms with Gasteiger partial charge in [0.05, 0.1) is 6.21 Å². The highest BCUT2D eigenvalue weighted by Crippen LogP contribution is 2.12. The summed E-state index contributed by atoms with van der Waals surface area (Å²) in [6.07, 6.45) is 1.74. The van der Waals surface area contributed by atoms with Crippen LogP contribution in [0, 0.1) is 16.5 Å². The van der Waals surface area contributed by atoms with Gasteiger partial charge in [-0.05, 0) is 43.5 Å². The Morgan fingerprint density at radius 3 is 2.53 bits per heavy atom. The van der Waals surface area contributed by atoms with Crippen LogP contribution in [0.25, 0.3) is 0 Å². The number of hydrogen-bond donors (Lipinski definition) is 2. The number of thiophene rings is 1. The van der Waals surface area contributed by atoms with Gasteiger partial charge < -0.3 is 0 Å². The average molecular weight is 256 g/mol. The van der Waals surface area contributed by atoms with Gasteiger partial charge in [-0.15, -0.1) is 11.3 Å². The van der Waals surface area contributed by atoms with Gasteiger partial charge in [-0.1, -0.05) is 0 Å². The van der Waals surface area contributed by atoms with Crippen LogP contribution in [0.1, 0.15) is 9.75 Å². The van der Waals surface area contributed by atoms with Crippen LogP contribution in [0.15, 0.2) is 17.2 Å². The Bertz CT molecular complexity index is 570. The SMILES string of the molecule is Cc1ccc(/C=N\n2c(=S)[nH][nH]c2=S)s1. The Morgan fingerprint density at radius 1 is 1.33 bits per heavy atom. The van der Waals surface area contributed by atoms with Crippen molar-refractivity contribution in [3.05, 3.63) is 31.4 Å². The first-order valence-corrected chi connectivity index (χ1v) is 5.80. The second kappa shape index (κ2) is 4.21. The molecule has 0 bridgehead atoms. The third-order valence-corrected chi connectivity index (χ3v) is 3.21. The van der Waals surface area contributed by atoms with Crippen molar-refractivity contribution in [3.8, 4) is 0 Å². The molecular formula is C8H8N4S3. The van der Waals surface area contributed by atoms with Crippen LogP contribution in [0.4, 0.5) is 0 Å².